The van der Waals surface area contributed by atoms with Crippen LogP contribution in [-0.2, 0) is 28.0 Å². The van der Waals surface area contributed by atoms with E-state index in [-0.39, 0.29) is 37.7 Å². The van der Waals surface area contributed by atoms with Crippen molar-refractivity contribution in [2.45, 2.75) is 32.9 Å². The summed E-state index contributed by atoms with van der Waals surface area (Å²) in [6.07, 6.45) is -0.0222. The molecule has 0 radical (unpaired) electrons. The number of fused-ring (bicyclic) bond motifs is 1. The smallest absolute Gasteiger partial charge is 0.328 e. The van der Waals surface area contributed by atoms with E-state index in [1.165, 1.54) is 27.9 Å². The predicted molar refractivity (Wildman–Crippen MR) is 99.3 cm³/mol. The van der Waals surface area contributed by atoms with Crippen LogP contribution in [0.25, 0.3) is 11.0 Å². The molecule has 0 spiro atoms. The van der Waals surface area contributed by atoms with Gasteiger partial charge in [-0.25, -0.2) is 9.59 Å². The predicted octanol–water partition coefficient (Wildman–Crippen LogP) is 0.168. The van der Waals surface area contributed by atoms with Crippen LogP contribution >= 0.6 is 0 Å². The summed E-state index contributed by atoms with van der Waals surface area (Å²) in [4.78, 5) is 48.6. The largest absolute Gasteiger partial charge is 0.480 e. The number of amides is 2. The number of imidazole rings is 1. The fraction of sp³-hybridized carbons (Fsp3) is 0.444. The Hall–Kier alpha value is -3.10. The molecule has 0 saturated carbocycles. The molecule has 27 heavy (non-hydrogen) atoms. The summed E-state index contributed by atoms with van der Waals surface area (Å²) >= 11 is 0. The molecule has 1 unspecified atom stereocenters. The third kappa shape index (κ3) is 4.55. The Morgan fingerprint density at radius 3 is 2.44 bits per heavy atom. The quantitative estimate of drug-likeness (QED) is 0.682. The Balaban J connectivity index is 2.15. The van der Waals surface area contributed by atoms with Crippen LogP contribution in [0.3, 0.4) is 0 Å². The maximum Gasteiger partial charge on any atom is 0.328 e. The number of nitrogens with zero attached hydrogens (tertiary/aromatic N) is 3. The Morgan fingerprint density at radius 1 is 1.22 bits per heavy atom. The van der Waals surface area contributed by atoms with E-state index in [0.29, 0.717) is 5.52 Å². The lowest BCUT2D eigenvalue weighted by molar-refractivity contribution is -0.149. The Bertz CT molecular complexity index is 914. The Labute approximate surface area is 156 Å². The zero-order valence-corrected chi connectivity index (χ0v) is 15.6. The van der Waals surface area contributed by atoms with Gasteiger partial charge in [0.2, 0.25) is 11.8 Å². The normalized spacial score (nSPS) is 12.0. The van der Waals surface area contributed by atoms with Gasteiger partial charge in [0.25, 0.3) is 0 Å². The van der Waals surface area contributed by atoms with Crippen molar-refractivity contribution in [2.24, 2.45) is 7.05 Å². The first-order valence-electron chi connectivity index (χ1n) is 8.65. The molecule has 2 rings (SSSR count). The number of aromatic nitrogens is 2. The average Bonchev–Trinajstić information content (AvgIpc) is 2.87. The first-order chi connectivity index (χ1) is 12.7. The van der Waals surface area contributed by atoms with Gasteiger partial charge in [-0.15, -0.1) is 0 Å². The first-order valence-corrected chi connectivity index (χ1v) is 8.65. The van der Waals surface area contributed by atoms with Gasteiger partial charge in [-0.3, -0.25) is 18.7 Å². The molecule has 0 bridgehead atoms. The summed E-state index contributed by atoms with van der Waals surface area (Å²) in [6, 6.07) is 6.23. The highest BCUT2D eigenvalue weighted by atomic mass is 16.4. The van der Waals surface area contributed by atoms with Crippen molar-refractivity contribution in [1.82, 2.24) is 19.4 Å². The molecule has 2 aromatic rings. The molecule has 0 fully saturated rings. The zero-order valence-electron chi connectivity index (χ0n) is 15.6. The van der Waals surface area contributed by atoms with Gasteiger partial charge in [0.05, 0.1) is 11.0 Å². The highest BCUT2D eigenvalue weighted by Crippen LogP contribution is 2.12. The van der Waals surface area contributed by atoms with Gasteiger partial charge in [0.15, 0.2) is 0 Å². The maximum atomic E-state index is 12.6. The number of carboxylic acid groups (broad SMARTS) is 1. The molecule has 1 aromatic heterocycles. The van der Waals surface area contributed by atoms with Gasteiger partial charge in [0.1, 0.15) is 6.04 Å². The number of nitrogens with one attached hydrogen (secondary N) is 1. The summed E-state index contributed by atoms with van der Waals surface area (Å²) < 4.78 is 3.01. The molecule has 1 heterocycles. The van der Waals surface area contributed by atoms with Crippen molar-refractivity contribution in [3.05, 3.63) is 34.7 Å². The number of hydrogen-bond acceptors (Lipinski definition) is 4. The number of benzene rings is 1. The second-order valence-corrected chi connectivity index (χ2v) is 6.32. The summed E-state index contributed by atoms with van der Waals surface area (Å²) in [6.45, 7) is 3.14. The molecular weight excluding hydrogens is 352 g/mol. The van der Waals surface area contributed by atoms with E-state index >= 15 is 0 Å². The van der Waals surface area contributed by atoms with E-state index in [2.05, 4.69) is 5.32 Å². The Morgan fingerprint density at radius 2 is 1.85 bits per heavy atom. The van der Waals surface area contributed by atoms with Gasteiger partial charge in [-0.05, 0) is 19.1 Å². The van der Waals surface area contributed by atoms with Crippen LogP contribution in [0.2, 0.25) is 0 Å². The SMILES string of the molecule is CC(=O)NCCN(C(=O)CCn1c(=O)n(C)c2ccccc21)C(C)C(=O)O. The van der Waals surface area contributed by atoms with Gasteiger partial charge in [-0.2, -0.15) is 0 Å². The van der Waals surface area contributed by atoms with Crippen LogP contribution < -0.4 is 11.0 Å². The van der Waals surface area contributed by atoms with Crippen molar-refractivity contribution in [2.75, 3.05) is 13.1 Å². The molecule has 0 aliphatic heterocycles. The molecule has 0 aliphatic carbocycles. The third-order valence-corrected chi connectivity index (χ3v) is 4.47. The highest BCUT2D eigenvalue weighted by molar-refractivity contribution is 5.83. The van der Waals surface area contributed by atoms with Gasteiger partial charge < -0.3 is 15.3 Å². The van der Waals surface area contributed by atoms with Crippen molar-refractivity contribution >= 4 is 28.8 Å². The van der Waals surface area contributed by atoms with E-state index < -0.39 is 17.9 Å². The van der Waals surface area contributed by atoms with E-state index in [0.717, 1.165) is 5.52 Å². The minimum absolute atomic E-state index is 0.0222. The van der Waals surface area contributed by atoms with Crippen molar-refractivity contribution in [1.29, 1.82) is 0 Å². The molecule has 9 nitrogen and oxygen atoms in total. The lowest BCUT2D eigenvalue weighted by Gasteiger charge is -2.26. The summed E-state index contributed by atoms with van der Waals surface area (Å²) in [5.74, 6) is -1.78. The van der Waals surface area contributed by atoms with E-state index in [1.807, 2.05) is 18.2 Å². The standard InChI is InChI=1S/C18H24N4O5/c1-12(17(25)26)21(11-9-19-13(2)23)16(24)8-10-22-15-7-5-4-6-14(15)20(3)18(22)27/h4-7,12H,8-11H2,1-3H3,(H,19,23)(H,25,26). The van der Waals surface area contributed by atoms with Gasteiger partial charge in [-0.1, -0.05) is 12.1 Å². The molecule has 0 saturated heterocycles. The number of carbonyl (C=O) groups is 3. The van der Waals surface area contributed by atoms with Gasteiger partial charge >= 0.3 is 11.7 Å². The first kappa shape index (κ1) is 20.2. The van der Waals surface area contributed by atoms with E-state index in [1.54, 1.807) is 13.1 Å². The monoisotopic (exact) mass is 376 g/mol. The average molecular weight is 376 g/mol. The van der Waals surface area contributed by atoms with E-state index in [9.17, 15) is 24.3 Å². The fourth-order valence-corrected chi connectivity index (χ4v) is 2.95. The highest BCUT2D eigenvalue weighted by Gasteiger charge is 2.25. The molecule has 2 amide bonds. The molecular formula is C18H24N4O5. The van der Waals surface area contributed by atoms with Crippen molar-refractivity contribution in [3.8, 4) is 0 Å². The number of carbonyl (C=O) groups excluding carboxylic acids is 2. The van der Waals surface area contributed by atoms with Crippen LogP contribution in [-0.4, -0.2) is 56.1 Å². The Kier molecular flexibility index (Phi) is 6.38. The number of rotatable bonds is 8. The van der Waals surface area contributed by atoms with Crippen LogP contribution in [0.5, 0.6) is 0 Å². The van der Waals surface area contributed by atoms with Crippen molar-refractivity contribution in [3.63, 3.8) is 0 Å². The molecule has 1 atom stereocenters. The van der Waals surface area contributed by atoms with E-state index in [4.69, 9.17) is 0 Å². The number of aryl methyl sites for hydroxylation is 2. The van der Waals surface area contributed by atoms with Crippen LogP contribution in [0, 0.1) is 0 Å². The number of aliphatic carboxylic acids is 1. The van der Waals surface area contributed by atoms with Crippen molar-refractivity contribution < 1.29 is 19.5 Å². The molecule has 2 N–H and O–H groups in total. The third-order valence-electron chi connectivity index (χ3n) is 4.47. The van der Waals surface area contributed by atoms with Gasteiger partial charge in [0, 0.05) is 40.0 Å². The lowest BCUT2D eigenvalue weighted by atomic mass is 10.2. The summed E-state index contributed by atoms with van der Waals surface area (Å²) in [5.41, 5.74) is 1.24. The summed E-state index contributed by atoms with van der Waals surface area (Å²) in [7, 11) is 1.66. The zero-order chi connectivity index (χ0) is 20.1. The molecule has 9 heteroatoms. The number of carboxylic acids is 1. The second kappa shape index (κ2) is 8.52. The maximum absolute atomic E-state index is 12.6. The summed E-state index contributed by atoms with van der Waals surface area (Å²) in [5, 5.41) is 11.8. The van der Waals surface area contributed by atoms with Crippen LogP contribution in [0.4, 0.5) is 0 Å². The minimum atomic E-state index is -1.13. The lowest BCUT2D eigenvalue weighted by Crippen LogP contribution is -2.47. The molecule has 0 aliphatic rings. The number of hydrogen-bond donors (Lipinski definition) is 2. The molecule has 146 valence electrons. The van der Waals surface area contributed by atoms with Crippen LogP contribution in [0.1, 0.15) is 20.3 Å². The van der Waals surface area contributed by atoms with Crippen LogP contribution in [0.15, 0.2) is 29.1 Å². The second-order valence-electron chi connectivity index (χ2n) is 6.32. The number of para-hydroxylation sites is 2. The molecule has 1 aromatic carbocycles. The topological polar surface area (TPSA) is 114 Å². The fourth-order valence-electron chi connectivity index (χ4n) is 2.95. The minimum Gasteiger partial charge on any atom is -0.480 e.